The first-order chi connectivity index (χ1) is 25.3. The van der Waals surface area contributed by atoms with Crippen molar-refractivity contribution >= 4 is 38.1 Å². The predicted octanol–water partition coefficient (Wildman–Crippen LogP) is 13.1. The first kappa shape index (κ1) is 28.1. The van der Waals surface area contributed by atoms with Gasteiger partial charge in [-0.25, -0.2) is 4.98 Å². The van der Waals surface area contributed by atoms with E-state index >= 15 is 0 Å². The van der Waals surface area contributed by atoms with E-state index in [1.165, 1.54) is 82.6 Å². The van der Waals surface area contributed by atoms with E-state index in [9.17, 15) is 0 Å². The summed E-state index contributed by atoms with van der Waals surface area (Å²) in [5.74, 6) is 0. The Morgan fingerprint density at radius 3 is 1.69 bits per heavy atom. The Balaban J connectivity index is 1.16. The number of imidazole rings is 1. The molecule has 0 bridgehead atoms. The van der Waals surface area contributed by atoms with Gasteiger partial charge in [-0.05, 0) is 107 Å². The second-order valence-corrected chi connectivity index (χ2v) is 13.5. The maximum absolute atomic E-state index is 5.06. The fourth-order valence-corrected chi connectivity index (χ4v) is 8.56. The van der Waals surface area contributed by atoms with Crippen molar-refractivity contribution in [2.45, 2.75) is 0 Å². The van der Waals surface area contributed by atoms with Gasteiger partial charge in [-0.1, -0.05) is 152 Å². The number of hydrogen-bond donors (Lipinski definition) is 0. The molecule has 0 spiro atoms. The van der Waals surface area contributed by atoms with Crippen molar-refractivity contribution in [3.05, 3.63) is 182 Å². The molecular formula is C49H30N2. The van der Waals surface area contributed by atoms with Crippen LogP contribution in [-0.2, 0) is 0 Å². The maximum Gasteiger partial charge on any atom is 0.137 e. The molecule has 2 nitrogen and oxygen atoms in total. The van der Waals surface area contributed by atoms with Gasteiger partial charge in [0.05, 0.1) is 11.2 Å². The summed E-state index contributed by atoms with van der Waals surface area (Å²) < 4.78 is 2.20. The third kappa shape index (κ3) is 4.14. The number of rotatable bonds is 4. The standard InChI is InChI=1S/C49H30N2/c1-3-14-32(15-4-1)45-38-20-8-9-21-39(38)46(33-16-5-2-6-17-33)49-41-27-26-36(37-22-12-23-40(47(37)41)48(45)49)34-18-11-19-35(29-34)42-30-51-43-24-10-7-13-31(43)25-28-44(51)50-42/h1-30H. The summed E-state index contributed by atoms with van der Waals surface area (Å²) in [6, 6.07) is 64.0. The molecule has 0 saturated carbocycles. The van der Waals surface area contributed by atoms with Gasteiger partial charge in [0.1, 0.15) is 5.65 Å². The van der Waals surface area contributed by atoms with E-state index in [1.54, 1.807) is 0 Å². The minimum Gasteiger partial charge on any atom is -0.299 e. The van der Waals surface area contributed by atoms with Crippen molar-refractivity contribution in [2.24, 2.45) is 0 Å². The molecule has 2 aromatic heterocycles. The van der Waals surface area contributed by atoms with Crippen molar-refractivity contribution in [3.8, 4) is 66.9 Å². The molecule has 51 heavy (non-hydrogen) atoms. The van der Waals surface area contributed by atoms with Crippen molar-refractivity contribution < 1.29 is 0 Å². The summed E-state index contributed by atoms with van der Waals surface area (Å²) in [5, 5.41) is 6.34. The highest BCUT2D eigenvalue weighted by Gasteiger charge is 2.31. The van der Waals surface area contributed by atoms with Crippen LogP contribution in [0.25, 0.3) is 105 Å². The first-order valence-electron chi connectivity index (χ1n) is 17.6. The maximum atomic E-state index is 5.06. The Bertz CT molecular complexity index is 2920. The lowest BCUT2D eigenvalue weighted by molar-refractivity contribution is 1.26. The average Bonchev–Trinajstić information content (AvgIpc) is 3.79. The molecule has 8 aromatic carbocycles. The Morgan fingerprint density at radius 2 is 0.941 bits per heavy atom. The van der Waals surface area contributed by atoms with Crippen LogP contribution in [0.4, 0.5) is 0 Å². The Kier molecular flexibility index (Phi) is 5.99. The van der Waals surface area contributed by atoms with Gasteiger partial charge < -0.3 is 0 Å². The van der Waals surface area contributed by atoms with Crippen molar-refractivity contribution in [1.82, 2.24) is 9.38 Å². The van der Waals surface area contributed by atoms with Crippen LogP contribution in [0.3, 0.4) is 0 Å². The molecule has 2 heterocycles. The van der Waals surface area contributed by atoms with Crippen LogP contribution in [0.15, 0.2) is 182 Å². The zero-order chi connectivity index (χ0) is 33.5. The topological polar surface area (TPSA) is 17.3 Å². The minimum atomic E-state index is 0.952. The molecule has 1 aliphatic rings. The lowest BCUT2D eigenvalue weighted by Crippen LogP contribution is -1.93. The zero-order valence-corrected chi connectivity index (χ0v) is 27.7. The summed E-state index contributed by atoms with van der Waals surface area (Å²) in [6.45, 7) is 0. The molecule has 236 valence electrons. The van der Waals surface area contributed by atoms with Gasteiger partial charge in [-0.3, -0.25) is 4.40 Å². The summed E-state index contributed by atoms with van der Waals surface area (Å²) >= 11 is 0. The van der Waals surface area contributed by atoms with E-state index in [0.29, 0.717) is 0 Å². The Labute approximate surface area is 295 Å². The van der Waals surface area contributed by atoms with Gasteiger partial charge in [0, 0.05) is 11.8 Å². The first-order valence-corrected chi connectivity index (χ1v) is 17.6. The molecule has 0 aliphatic heterocycles. The SMILES string of the molecule is c1ccc(-c2c3c(c(-c4ccccc4)c4ccccc24)-c2ccc(-c4cccc(-c5cn6c(ccc7ccccc76)n5)c4)c4cccc-3c24)cc1. The molecule has 0 saturated heterocycles. The Morgan fingerprint density at radius 1 is 0.373 bits per heavy atom. The molecule has 0 fully saturated rings. The molecular weight excluding hydrogens is 617 g/mol. The quantitative estimate of drug-likeness (QED) is 0.186. The summed E-state index contributed by atoms with van der Waals surface area (Å²) in [7, 11) is 0. The van der Waals surface area contributed by atoms with Crippen LogP contribution in [0.5, 0.6) is 0 Å². The highest BCUT2D eigenvalue weighted by Crippen LogP contribution is 2.58. The Hall–Kier alpha value is -6.77. The number of nitrogens with zero attached hydrogens (tertiary/aromatic N) is 2. The lowest BCUT2D eigenvalue weighted by atomic mass is 9.82. The van der Waals surface area contributed by atoms with Gasteiger partial charge in [-0.2, -0.15) is 0 Å². The van der Waals surface area contributed by atoms with Crippen molar-refractivity contribution in [2.75, 3.05) is 0 Å². The monoisotopic (exact) mass is 646 g/mol. The summed E-state index contributed by atoms with van der Waals surface area (Å²) in [6.07, 6.45) is 2.17. The van der Waals surface area contributed by atoms with Crippen LogP contribution < -0.4 is 0 Å². The van der Waals surface area contributed by atoms with E-state index in [-0.39, 0.29) is 0 Å². The van der Waals surface area contributed by atoms with Crippen molar-refractivity contribution in [3.63, 3.8) is 0 Å². The van der Waals surface area contributed by atoms with E-state index < -0.39 is 0 Å². The molecule has 0 atom stereocenters. The largest absolute Gasteiger partial charge is 0.299 e. The third-order valence-corrected chi connectivity index (χ3v) is 10.7. The molecule has 0 amide bonds. The fourth-order valence-electron chi connectivity index (χ4n) is 8.56. The number of benzene rings is 8. The van der Waals surface area contributed by atoms with Crippen molar-refractivity contribution in [1.29, 1.82) is 0 Å². The minimum absolute atomic E-state index is 0.952. The number of aromatic nitrogens is 2. The van der Waals surface area contributed by atoms with E-state index in [2.05, 4.69) is 187 Å². The van der Waals surface area contributed by atoms with Gasteiger partial charge in [0.2, 0.25) is 0 Å². The van der Waals surface area contributed by atoms with E-state index in [4.69, 9.17) is 4.98 Å². The van der Waals surface area contributed by atoms with Crippen LogP contribution in [0.2, 0.25) is 0 Å². The second kappa shape index (κ2) is 10.9. The highest BCUT2D eigenvalue weighted by molar-refractivity contribution is 6.28. The third-order valence-electron chi connectivity index (χ3n) is 10.7. The molecule has 0 radical (unpaired) electrons. The molecule has 11 rings (SSSR count). The molecule has 0 N–H and O–H groups in total. The number of fused-ring (bicyclic) bond motifs is 7. The number of hydrogen-bond acceptors (Lipinski definition) is 1. The van der Waals surface area contributed by atoms with Crippen LogP contribution in [0.1, 0.15) is 0 Å². The fraction of sp³-hybridized carbons (Fsp3) is 0. The molecule has 1 aliphatic carbocycles. The molecule has 0 unspecified atom stereocenters. The zero-order valence-electron chi connectivity index (χ0n) is 27.7. The smallest absolute Gasteiger partial charge is 0.137 e. The van der Waals surface area contributed by atoms with E-state index in [1.807, 2.05) is 0 Å². The van der Waals surface area contributed by atoms with Gasteiger partial charge in [-0.15, -0.1) is 0 Å². The number of pyridine rings is 1. The van der Waals surface area contributed by atoms with Crippen LogP contribution in [0, 0.1) is 0 Å². The molecule has 10 aromatic rings. The van der Waals surface area contributed by atoms with Gasteiger partial charge >= 0.3 is 0 Å². The van der Waals surface area contributed by atoms with Gasteiger partial charge in [0.25, 0.3) is 0 Å². The normalized spacial score (nSPS) is 11.9. The van der Waals surface area contributed by atoms with Crippen LogP contribution >= 0.6 is 0 Å². The van der Waals surface area contributed by atoms with E-state index in [0.717, 1.165) is 22.4 Å². The summed E-state index contributed by atoms with van der Waals surface area (Å²) in [4.78, 5) is 5.06. The highest BCUT2D eigenvalue weighted by atomic mass is 15.0. The predicted molar refractivity (Wildman–Crippen MR) is 214 cm³/mol. The lowest BCUT2D eigenvalue weighted by Gasteiger charge is -2.20. The summed E-state index contributed by atoms with van der Waals surface area (Å²) in [5.41, 5.74) is 16.9. The van der Waals surface area contributed by atoms with Crippen LogP contribution in [-0.4, -0.2) is 9.38 Å². The van der Waals surface area contributed by atoms with Gasteiger partial charge in [0.15, 0.2) is 0 Å². The molecule has 2 heteroatoms. The number of para-hydroxylation sites is 1. The average molecular weight is 647 g/mol. The second-order valence-electron chi connectivity index (χ2n) is 13.5.